The van der Waals surface area contributed by atoms with Crippen LogP contribution in [0, 0.1) is 0 Å². The van der Waals surface area contributed by atoms with Gasteiger partial charge in [0.15, 0.2) is 0 Å². The van der Waals surface area contributed by atoms with Crippen LogP contribution < -0.4 is 5.32 Å². The van der Waals surface area contributed by atoms with Crippen molar-refractivity contribution in [1.29, 1.82) is 0 Å². The molecule has 0 aromatic heterocycles. The number of urea groups is 1. The minimum Gasteiger partial charge on any atom is -0.478 e. The molecule has 2 N–H and O–H groups in total. The van der Waals surface area contributed by atoms with Crippen molar-refractivity contribution in [3.05, 3.63) is 34.9 Å². The minimum absolute atomic E-state index is 0.202. The van der Waals surface area contributed by atoms with Crippen LogP contribution in [0.2, 0.25) is 0 Å². The van der Waals surface area contributed by atoms with E-state index in [0.29, 0.717) is 37.4 Å². The van der Waals surface area contributed by atoms with Gasteiger partial charge in [-0.2, -0.15) is 0 Å². The Bertz CT molecular complexity index is 588. The van der Waals surface area contributed by atoms with E-state index < -0.39 is 16.8 Å². The van der Waals surface area contributed by atoms with Gasteiger partial charge < -0.3 is 15.3 Å². The van der Waals surface area contributed by atoms with E-state index in [2.05, 4.69) is 5.32 Å². The third-order valence-corrected chi connectivity index (χ3v) is 4.23. The lowest BCUT2D eigenvalue weighted by atomic mass is 9.95. The predicted octanol–water partition coefficient (Wildman–Crippen LogP) is 0.831. The molecule has 1 aliphatic heterocycles. The SMILES string of the molecule is CS(=O)CCNC(=O)N1CCc2c(cccc2C(=O)O)C1. The van der Waals surface area contributed by atoms with Crippen LogP contribution in [0.4, 0.5) is 4.79 Å². The Morgan fingerprint density at radius 3 is 2.86 bits per heavy atom. The second kappa shape index (κ2) is 6.71. The summed E-state index contributed by atoms with van der Waals surface area (Å²) in [6, 6.07) is 4.94. The van der Waals surface area contributed by atoms with Crippen molar-refractivity contribution in [1.82, 2.24) is 10.2 Å². The van der Waals surface area contributed by atoms with E-state index >= 15 is 0 Å². The highest BCUT2D eigenvalue weighted by atomic mass is 32.2. The zero-order valence-corrected chi connectivity index (χ0v) is 12.6. The lowest BCUT2D eigenvalue weighted by Gasteiger charge is -2.29. The fourth-order valence-corrected chi connectivity index (χ4v) is 2.79. The molecule has 0 spiro atoms. The Hall–Kier alpha value is -1.89. The van der Waals surface area contributed by atoms with Crippen molar-refractivity contribution in [2.75, 3.05) is 25.1 Å². The number of carboxylic acids is 1. The smallest absolute Gasteiger partial charge is 0.335 e. The molecule has 2 rings (SSSR count). The number of nitrogens with one attached hydrogen (secondary N) is 1. The fraction of sp³-hybridized carbons (Fsp3) is 0.429. The van der Waals surface area contributed by atoms with E-state index in [1.54, 1.807) is 23.3 Å². The van der Waals surface area contributed by atoms with E-state index in [-0.39, 0.29) is 6.03 Å². The Morgan fingerprint density at radius 1 is 1.43 bits per heavy atom. The molecule has 0 saturated heterocycles. The number of carboxylic acid groups (broad SMARTS) is 1. The quantitative estimate of drug-likeness (QED) is 0.862. The topological polar surface area (TPSA) is 86.7 Å². The summed E-state index contributed by atoms with van der Waals surface area (Å²) >= 11 is 0. The summed E-state index contributed by atoms with van der Waals surface area (Å²) in [5.74, 6) is -0.505. The first-order valence-electron chi connectivity index (χ1n) is 6.66. The maximum atomic E-state index is 12.0. The standard InChI is InChI=1S/C14H18N2O4S/c1-21(20)8-6-15-14(19)16-7-5-11-10(9-16)3-2-4-12(11)13(17)18/h2-4H,5-9H2,1H3,(H,15,19)(H,17,18). The highest BCUT2D eigenvalue weighted by molar-refractivity contribution is 7.84. The number of carbonyl (C=O) groups excluding carboxylic acids is 1. The normalized spacial score (nSPS) is 15.2. The first-order valence-corrected chi connectivity index (χ1v) is 8.38. The molecule has 1 aliphatic rings. The first-order chi connectivity index (χ1) is 9.99. The third-order valence-electron chi connectivity index (χ3n) is 3.45. The molecule has 0 aliphatic carbocycles. The summed E-state index contributed by atoms with van der Waals surface area (Å²) in [4.78, 5) is 24.8. The van der Waals surface area contributed by atoms with Gasteiger partial charge in [0.1, 0.15) is 0 Å². The summed E-state index contributed by atoms with van der Waals surface area (Å²) in [6.45, 7) is 1.26. The van der Waals surface area contributed by atoms with Crippen LogP contribution in [-0.2, 0) is 23.8 Å². The first kappa shape index (κ1) is 15.5. The second-order valence-electron chi connectivity index (χ2n) is 4.93. The highest BCUT2D eigenvalue weighted by Crippen LogP contribution is 2.22. The predicted molar refractivity (Wildman–Crippen MR) is 79.8 cm³/mol. The van der Waals surface area contributed by atoms with Crippen LogP contribution in [0.15, 0.2) is 18.2 Å². The number of benzene rings is 1. The molecule has 0 saturated carbocycles. The molecule has 0 fully saturated rings. The van der Waals surface area contributed by atoms with Crippen molar-refractivity contribution in [2.24, 2.45) is 0 Å². The molecule has 21 heavy (non-hydrogen) atoms. The fourth-order valence-electron chi connectivity index (χ4n) is 2.40. The summed E-state index contributed by atoms with van der Waals surface area (Å²) < 4.78 is 11.0. The van der Waals surface area contributed by atoms with Crippen molar-refractivity contribution in [3.63, 3.8) is 0 Å². The zero-order chi connectivity index (χ0) is 15.4. The number of fused-ring (bicyclic) bond motifs is 1. The van der Waals surface area contributed by atoms with Gasteiger partial charge >= 0.3 is 12.0 Å². The summed E-state index contributed by atoms with van der Waals surface area (Å²) in [5.41, 5.74) is 1.99. The summed E-state index contributed by atoms with van der Waals surface area (Å²) in [6.07, 6.45) is 2.13. The van der Waals surface area contributed by atoms with Gasteiger partial charge in [0.2, 0.25) is 0 Å². The third kappa shape index (κ3) is 3.81. The van der Waals surface area contributed by atoms with Crippen LogP contribution in [0.5, 0.6) is 0 Å². The zero-order valence-electron chi connectivity index (χ0n) is 11.8. The molecule has 1 aromatic rings. The van der Waals surface area contributed by atoms with E-state index in [1.165, 1.54) is 0 Å². The van der Waals surface area contributed by atoms with Crippen molar-refractivity contribution in [2.45, 2.75) is 13.0 Å². The van der Waals surface area contributed by atoms with Gasteiger partial charge in [-0.05, 0) is 23.6 Å². The molecule has 0 bridgehead atoms. The molecule has 114 valence electrons. The average molecular weight is 310 g/mol. The van der Waals surface area contributed by atoms with Crippen molar-refractivity contribution >= 4 is 22.8 Å². The number of hydrogen-bond donors (Lipinski definition) is 2. The molecule has 0 radical (unpaired) electrons. The molecule has 1 aromatic carbocycles. The number of hydrogen-bond acceptors (Lipinski definition) is 3. The van der Waals surface area contributed by atoms with Crippen molar-refractivity contribution < 1.29 is 18.9 Å². The molecule has 1 atom stereocenters. The van der Waals surface area contributed by atoms with Gasteiger partial charge in [0.25, 0.3) is 0 Å². The van der Waals surface area contributed by atoms with Gasteiger partial charge in [-0.25, -0.2) is 9.59 Å². The second-order valence-corrected chi connectivity index (χ2v) is 6.48. The molecular formula is C14H18N2O4S. The van der Waals surface area contributed by atoms with E-state index in [4.69, 9.17) is 5.11 Å². The van der Waals surface area contributed by atoms with Crippen LogP contribution in [0.3, 0.4) is 0 Å². The van der Waals surface area contributed by atoms with Crippen LogP contribution in [0.25, 0.3) is 0 Å². The lowest BCUT2D eigenvalue weighted by molar-refractivity contribution is 0.0695. The molecule has 1 heterocycles. The van der Waals surface area contributed by atoms with E-state index in [0.717, 1.165) is 11.1 Å². The monoisotopic (exact) mass is 310 g/mol. The van der Waals surface area contributed by atoms with Crippen molar-refractivity contribution in [3.8, 4) is 0 Å². The van der Waals surface area contributed by atoms with Crippen LogP contribution >= 0.6 is 0 Å². The van der Waals surface area contributed by atoms with E-state index in [1.807, 2.05) is 6.07 Å². The Labute approximate surface area is 125 Å². The van der Waals surface area contributed by atoms with Gasteiger partial charge in [0.05, 0.1) is 5.56 Å². The summed E-state index contributed by atoms with van der Waals surface area (Å²) in [7, 11) is -0.930. The molecule has 2 amide bonds. The number of rotatable bonds is 4. The molecule has 7 heteroatoms. The lowest BCUT2D eigenvalue weighted by Crippen LogP contribution is -2.44. The minimum atomic E-state index is -0.935. The van der Waals surface area contributed by atoms with Gasteiger partial charge in [-0.3, -0.25) is 4.21 Å². The Morgan fingerprint density at radius 2 is 2.19 bits per heavy atom. The largest absolute Gasteiger partial charge is 0.478 e. The van der Waals surface area contributed by atoms with Crippen LogP contribution in [-0.4, -0.2) is 51.3 Å². The number of nitrogens with zero attached hydrogens (tertiary/aromatic N) is 1. The molecular weight excluding hydrogens is 292 g/mol. The Balaban J connectivity index is 2.03. The molecule has 1 unspecified atom stereocenters. The maximum Gasteiger partial charge on any atom is 0.335 e. The van der Waals surface area contributed by atoms with Crippen LogP contribution in [0.1, 0.15) is 21.5 Å². The van der Waals surface area contributed by atoms with Gasteiger partial charge in [-0.1, -0.05) is 12.1 Å². The Kier molecular flexibility index (Phi) is 4.95. The molecule has 6 nitrogen and oxygen atoms in total. The number of carbonyl (C=O) groups is 2. The average Bonchev–Trinajstić information content (AvgIpc) is 2.45. The van der Waals surface area contributed by atoms with Gasteiger partial charge in [-0.15, -0.1) is 0 Å². The highest BCUT2D eigenvalue weighted by Gasteiger charge is 2.23. The number of aromatic carboxylic acids is 1. The van der Waals surface area contributed by atoms with Gasteiger partial charge in [0, 0.05) is 42.4 Å². The number of amides is 2. The maximum absolute atomic E-state index is 12.0. The summed E-state index contributed by atoms with van der Waals surface area (Å²) in [5, 5.41) is 11.9. The van der Waals surface area contributed by atoms with E-state index in [9.17, 15) is 13.8 Å².